The SMILES string of the molecule is Cc1csc(Nc2cc(Oc3cccc4ncccc34)c(SCC3CCN(C(=O)O)C(C(C)(C)C)C3)cn2)n1. The van der Waals surface area contributed by atoms with E-state index in [1.54, 1.807) is 22.9 Å². The highest BCUT2D eigenvalue weighted by molar-refractivity contribution is 7.99. The van der Waals surface area contributed by atoms with Gasteiger partial charge in [0, 0.05) is 47.6 Å². The summed E-state index contributed by atoms with van der Waals surface area (Å²) < 4.78 is 6.53. The first-order valence-corrected chi connectivity index (χ1v) is 14.9. The van der Waals surface area contributed by atoms with Gasteiger partial charge in [0.1, 0.15) is 17.3 Å². The largest absolute Gasteiger partial charge is 0.465 e. The zero-order valence-corrected chi connectivity index (χ0v) is 24.2. The molecule has 39 heavy (non-hydrogen) atoms. The standard InChI is InChI=1S/C29H33N5O3S2/c1-18-16-39-27(32-18)33-26-14-23(37-22-9-5-8-21-20(22)7-6-11-30-21)24(15-31-26)38-17-19-10-12-34(28(35)36)25(13-19)29(2,3)4/h5-9,11,14-16,19,25H,10,12-13,17H2,1-4H3,(H,35,36)(H,31,32,33). The van der Waals surface area contributed by atoms with Gasteiger partial charge in [-0.1, -0.05) is 26.8 Å². The summed E-state index contributed by atoms with van der Waals surface area (Å²) in [5.74, 6) is 3.34. The number of thioether (sulfide) groups is 1. The summed E-state index contributed by atoms with van der Waals surface area (Å²) in [5.41, 5.74) is 1.70. The number of aryl methyl sites for hydroxylation is 1. The maximum absolute atomic E-state index is 11.9. The number of rotatable bonds is 7. The van der Waals surface area contributed by atoms with Crippen LogP contribution in [0.15, 0.2) is 59.1 Å². The zero-order chi connectivity index (χ0) is 27.6. The molecule has 0 aliphatic carbocycles. The molecule has 4 aromatic rings. The van der Waals surface area contributed by atoms with Crippen molar-refractivity contribution in [3.8, 4) is 11.5 Å². The highest BCUT2D eigenvalue weighted by Gasteiger charge is 2.38. The minimum Gasteiger partial charge on any atom is -0.465 e. The highest BCUT2D eigenvalue weighted by Crippen LogP contribution is 2.41. The van der Waals surface area contributed by atoms with E-state index in [1.165, 1.54) is 11.3 Å². The van der Waals surface area contributed by atoms with Gasteiger partial charge in [-0.3, -0.25) is 4.98 Å². The minimum atomic E-state index is -0.830. The topological polar surface area (TPSA) is 100 Å². The number of hydrogen-bond donors (Lipinski definition) is 2. The molecule has 1 saturated heterocycles. The molecule has 10 heteroatoms. The summed E-state index contributed by atoms with van der Waals surface area (Å²) in [5, 5.41) is 16.7. The van der Waals surface area contributed by atoms with Crippen LogP contribution in [0, 0.1) is 18.3 Å². The molecule has 8 nitrogen and oxygen atoms in total. The quantitative estimate of drug-likeness (QED) is 0.219. The highest BCUT2D eigenvalue weighted by atomic mass is 32.2. The van der Waals surface area contributed by atoms with Gasteiger partial charge in [-0.15, -0.1) is 23.1 Å². The van der Waals surface area contributed by atoms with Crippen molar-refractivity contribution in [2.24, 2.45) is 11.3 Å². The van der Waals surface area contributed by atoms with Gasteiger partial charge in [0.05, 0.1) is 16.1 Å². The van der Waals surface area contributed by atoms with Crippen molar-refractivity contribution >= 4 is 51.0 Å². The van der Waals surface area contributed by atoms with Crippen LogP contribution in [0.4, 0.5) is 15.7 Å². The summed E-state index contributed by atoms with van der Waals surface area (Å²) in [6, 6.07) is 11.7. The van der Waals surface area contributed by atoms with Gasteiger partial charge >= 0.3 is 6.09 Å². The number of pyridine rings is 2. The van der Waals surface area contributed by atoms with E-state index >= 15 is 0 Å². The third kappa shape index (κ3) is 6.45. The van der Waals surface area contributed by atoms with Crippen LogP contribution in [0.1, 0.15) is 39.3 Å². The third-order valence-electron chi connectivity index (χ3n) is 6.94. The molecule has 1 aromatic carbocycles. The number of carbonyl (C=O) groups is 1. The fourth-order valence-corrected chi connectivity index (χ4v) is 6.71. The van der Waals surface area contributed by atoms with E-state index in [0.29, 0.717) is 24.0 Å². The number of piperidine rings is 1. The maximum Gasteiger partial charge on any atom is 0.407 e. The molecule has 0 bridgehead atoms. The lowest BCUT2D eigenvalue weighted by Crippen LogP contribution is -2.51. The molecule has 0 spiro atoms. The third-order valence-corrected chi connectivity index (χ3v) is 9.07. The Morgan fingerprint density at radius 1 is 1.23 bits per heavy atom. The number of likely N-dealkylation sites (tertiary alicyclic amines) is 1. The Bertz CT molecular complexity index is 1460. The molecule has 5 rings (SSSR count). The molecule has 1 aliphatic heterocycles. The van der Waals surface area contributed by atoms with E-state index in [0.717, 1.165) is 51.0 Å². The molecule has 2 unspecified atom stereocenters. The molecule has 4 heterocycles. The number of amides is 1. The lowest BCUT2D eigenvalue weighted by atomic mass is 9.77. The lowest BCUT2D eigenvalue weighted by molar-refractivity contribution is 0.0446. The van der Waals surface area contributed by atoms with E-state index in [-0.39, 0.29) is 11.5 Å². The maximum atomic E-state index is 11.9. The van der Waals surface area contributed by atoms with Crippen molar-refractivity contribution in [3.05, 3.63) is 59.9 Å². The average molecular weight is 564 g/mol. The van der Waals surface area contributed by atoms with Crippen molar-refractivity contribution in [2.45, 2.75) is 51.5 Å². The smallest absolute Gasteiger partial charge is 0.407 e. The number of anilines is 2. The first-order valence-electron chi connectivity index (χ1n) is 13.0. The predicted octanol–water partition coefficient (Wildman–Crippen LogP) is 7.83. The Morgan fingerprint density at radius 3 is 2.82 bits per heavy atom. The molecule has 0 radical (unpaired) electrons. The van der Waals surface area contributed by atoms with Gasteiger partial charge in [0.2, 0.25) is 0 Å². The number of nitrogens with zero attached hydrogens (tertiary/aromatic N) is 4. The van der Waals surface area contributed by atoms with Crippen LogP contribution < -0.4 is 10.1 Å². The normalized spacial score (nSPS) is 17.8. The average Bonchev–Trinajstić information content (AvgIpc) is 3.32. The summed E-state index contributed by atoms with van der Waals surface area (Å²) >= 11 is 3.24. The van der Waals surface area contributed by atoms with E-state index in [2.05, 4.69) is 41.0 Å². The molecule has 0 saturated carbocycles. The number of benzene rings is 1. The molecule has 2 atom stereocenters. The Balaban J connectivity index is 1.39. The van der Waals surface area contributed by atoms with Crippen molar-refractivity contribution in [1.82, 2.24) is 19.9 Å². The second kappa shape index (κ2) is 11.4. The van der Waals surface area contributed by atoms with Crippen LogP contribution in [0.2, 0.25) is 0 Å². The Kier molecular flexibility index (Phi) is 7.95. The van der Waals surface area contributed by atoms with E-state index in [4.69, 9.17) is 4.74 Å². The van der Waals surface area contributed by atoms with Gasteiger partial charge in [0.25, 0.3) is 0 Å². The number of aromatic nitrogens is 3. The lowest BCUT2D eigenvalue weighted by Gasteiger charge is -2.44. The minimum absolute atomic E-state index is 0.0142. The molecule has 1 fully saturated rings. The number of ether oxygens (including phenoxy) is 1. The first-order chi connectivity index (χ1) is 18.7. The van der Waals surface area contributed by atoms with Crippen LogP contribution >= 0.6 is 23.1 Å². The summed E-state index contributed by atoms with van der Waals surface area (Å²) in [4.78, 5) is 28.0. The monoisotopic (exact) mass is 563 g/mol. The number of carboxylic acid groups (broad SMARTS) is 1. The van der Waals surface area contributed by atoms with Crippen LogP contribution in [-0.4, -0.2) is 49.4 Å². The number of hydrogen-bond acceptors (Lipinski definition) is 8. The van der Waals surface area contributed by atoms with Crippen molar-refractivity contribution < 1.29 is 14.6 Å². The molecule has 204 valence electrons. The Morgan fingerprint density at radius 2 is 2.08 bits per heavy atom. The van der Waals surface area contributed by atoms with Gasteiger partial charge in [-0.05, 0) is 55.4 Å². The van der Waals surface area contributed by atoms with Crippen molar-refractivity contribution in [1.29, 1.82) is 0 Å². The fraction of sp³-hybridized carbons (Fsp3) is 0.379. The van der Waals surface area contributed by atoms with Gasteiger partial charge < -0.3 is 20.1 Å². The van der Waals surface area contributed by atoms with Gasteiger partial charge in [0.15, 0.2) is 5.13 Å². The van der Waals surface area contributed by atoms with Crippen LogP contribution in [0.3, 0.4) is 0 Å². The fourth-order valence-electron chi connectivity index (χ4n) is 4.93. The first kappa shape index (κ1) is 27.2. The molecule has 1 aliphatic rings. The van der Waals surface area contributed by atoms with Crippen LogP contribution in [0.5, 0.6) is 11.5 Å². The number of thiazole rings is 1. The van der Waals surface area contributed by atoms with Crippen LogP contribution in [-0.2, 0) is 0 Å². The summed E-state index contributed by atoms with van der Waals surface area (Å²) in [6.45, 7) is 8.88. The van der Waals surface area contributed by atoms with Gasteiger partial charge in [-0.2, -0.15) is 0 Å². The second-order valence-corrected chi connectivity index (χ2v) is 12.8. The summed E-state index contributed by atoms with van der Waals surface area (Å²) in [7, 11) is 0. The Labute approximate surface area is 236 Å². The summed E-state index contributed by atoms with van der Waals surface area (Å²) in [6.07, 6.45) is 4.47. The van der Waals surface area contributed by atoms with E-state index in [1.807, 2.05) is 54.9 Å². The molecular formula is C29H33N5O3S2. The number of nitrogens with one attached hydrogen (secondary N) is 1. The molecule has 2 N–H and O–H groups in total. The predicted molar refractivity (Wildman–Crippen MR) is 158 cm³/mol. The van der Waals surface area contributed by atoms with Crippen molar-refractivity contribution in [2.75, 3.05) is 17.6 Å². The Hall–Kier alpha value is -3.37. The zero-order valence-electron chi connectivity index (χ0n) is 22.5. The molecular weight excluding hydrogens is 530 g/mol. The number of fused-ring (bicyclic) bond motifs is 1. The second-order valence-electron chi connectivity index (χ2n) is 10.9. The van der Waals surface area contributed by atoms with E-state index < -0.39 is 6.09 Å². The van der Waals surface area contributed by atoms with Crippen molar-refractivity contribution in [3.63, 3.8) is 0 Å². The van der Waals surface area contributed by atoms with Crippen LogP contribution in [0.25, 0.3) is 10.9 Å². The molecule has 1 amide bonds. The van der Waals surface area contributed by atoms with Gasteiger partial charge in [-0.25, -0.2) is 14.8 Å². The van der Waals surface area contributed by atoms with E-state index in [9.17, 15) is 9.90 Å². The molecule has 3 aromatic heterocycles.